The molecule has 1 N–H and O–H groups in total. The van der Waals surface area contributed by atoms with E-state index in [0.29, 0.717) is 17.1 Å². The van der Waals surface area contributed by atoms with Crippen molar-refractivity contribution in [1.29, 1.82) is 0 Å². The Kier molecular flexibility index (Phi) is 7.45. The molecule has 1 aliphatic heterocycles. The summed E-state index contributed by atoms with van der Waals surface area (Å²) in [6, 6.07) is 14.6. The zero-order valence-electron chi connectivity index (χ0n) is 16.7. The molecule has 154 valence electrons. The first-order valence-corrected chi connectivity index (χ1v) is 11.2. The number of benzene rings is 2. The second-order valence-corrected chi connectivity index (χ2v) is 8.74. The standard InChI is InChI=1S/C22H26ClN3O2S/c1-16(19-5-3-4-6-20(19)23)25(2)22(28)24-18-9-7-17(8-10-18)15-21(27)26-11-13-29-14-12-26/h3-10,16H,11-15H2,1-2H3,(H,24,28). The monoisotopic (exact) mass is 431 g/mol. The zero-order valence-corrected chi connectivity index (χ0v) is 18.3. The van der Waals surface area contributed by atoms with Crippen LogP contribution in [0.5, 0.6) is 0 Å². The van der Waals surface area contributed by atoms with E-state index in [9.17, 15) is 9.59 Å². The predicted octanol–water partition coefficient (Wildman–Crippen LogP) is 4.68. The molecule has 0 aromatic heterocycles. The van der Waals surface area contributed by atoms with E-state index >= 15 is 0 Å². The number of nitrogens with zero attached hydrogens (tertiary/aromatic N) is 2. The minimum Gasteiger partial charge on any atom is -0.341 e. The lowest BCUT2D eigenvalue weighted by molar-refractivity contribution is -0.130. The number of nitrogens with one attached hydrogen (secondary N) is 1. The van der Waals surface area contributed by atoms with Crippen LogP contribution in [0.25, 0.3) is 0 Å². The molecule has 0 saturated carbocycles. The second-order valence-electron chi connectivity index (χ2n) is 7.11. The Balaban J connectivity index is 1.56. The molecule has 1 heterocycles. The lowest BCUT2D eigenvalue weighted by Crippen LogP contribution is -2.38. The molecule has 5 nitrogen and oxygen atoms in total. The van der Waals surface area contributed by atoms with Crippen molar-refractivity contribution < 1.29 is 9.59 Å². The molecule has 3 rings (SSSR count). The van der Waals surface area contributed by atoms with E-state index in [-0.39, 0.29) is 18.0 Å². The molecule has 0 aliphatic carbocycles. The van der Waals surface area contributed by atoms with Crippen LogP contribution in [0.15, 0.2) is 48.5 Å². The van der Waals surface area contributed by atoms with Gasteiger partial charge in [0.05, 0.1) is 12.5 Å². The summed E-state index contributed by atoms with van der Waals surface area (Å²) in [5.74, 6) is 2.18. The van der Waals surface area contributed by atoms with Crippen molar-refractivity contribution in [3.05, 3.63) is 64.7 Å². The first kappa shape index (κ1) is 21.5. The van der Waals surface area contributed by atoms with Crippen molar-refractivity contribution in [2.24, 2.45) is 0 Å². The third-order valence-corrected chi connectivity index (χ3v) is 6.47. The van der Waals surface area contributed by atoms with Crippen molar-refractivity contribution in [3.8, 4) is 0 Å². The van der Waals surface area contributed by atoms with Crippen molar-refractivity contribution in [3.63, 3.8) is 0 Å². The van der Waals surface area contributed by atoms with E-state index in [2.05, 4.69) is 5.32 Å². The Labute approximate surface area is 181 Å². The van der Waals surface area contributed by atoms with E-state index in [0.717, 1.165) is 35.7 Å². The van der Waals surface area contributed by atoms with E-state index in [1.54, 1.807) is 11.9 Å². The van der Waals surface area contributed by atoms with Crippen molar-refractivity contribution in [2.75, 3.05) is 37.0 Å². The van der Waals surface area contributed by atoms with Gasteiger partial charge >= 0.3 is 6.03 Å². The average Bonchev–Trinajstić information content (AvgIpc) is 2.75. The molecule has 0 bridgehead atoms. The third-order valence-electron chi connectivity index (χ3n) is 5.18. The van der Waals surface area contributed by atoms with Gasteiger partial charge in [0, 0.05) is 42.4 Å². The van der Waals surface area contributed by atoms with E-state index < -0.39 is 0 Å². The average molecular weight is 432 g/mol. The fraction of sp³-hybridized carbons (Fsp3) is 0.364. The molecule has 0 radical (unpaired) electrons. The van der Waals surface area contributed by atoms with Crippen LogP contribution in [0, 0.1) is 0 Å². The second kappa shape index (κ2) is 10.0. The Morgan fingerprint density at radius 2 is 1.79 bits per heavy atom. The first-order valence-electron chi connectivity index (χ1n) is 9.68. The number of hydrogen-bond donors (Lipinski definition) is 1. The van der Waals surface area contributed by atoms with Crippen LogP contribution in [-0.2, 0) is 11.2 Å². The lowest BCUT2D eigenvalue weighted by Gasteiger charge is -2.27. The van der Waals surface area contributed by atoms with Gasteiger partial charge in [0.15, 0.2) is 0 Å². The maximum atomic E-state index is 12.6. The van der Waals surface area contributed by atoms with Crippen LogP contribution in [0.2, 0.25) is 5.02 Å². The van der Waals surface area contributed by atoms with Crippen molar-refractivity contribution in [2.45, 2.75) is 19.4 Å². The quantitative estimate of drug-likeness (QED) is 0.747. The largest absolute Gasteiger partial charge is 0.341 e. The minimum atomic E-state index is -0.216. The smallest absolute Gasteiger partial charge is 0.322 e. The Bertz CT molecular complexity index is 853. The molecule has 1 saturated heterocycles. The summed E-state index contributed by atoms with van der Waals surface area (Å²) in [5, 5.41) is 3.54. The van der Waals surface area contributed by atoms with Gasteiger partial charge in [0.1, 0.15) is 0 Å². The summed E-state index contributed by atoms with van der Waals surface area (Å²) in [7, 11) is 1.74. The van der Waals surface area contributed by atoms with E-state index in [1.807, 2.05) is 72.1 Å². The molecule has 0 spiro atoms. The summed E-state index contributed by atoms with van der Waals surface area (Å²) in [4.78, 5) is 28.5. The number of carbonyl (C=O) groups excluding carboxylic acids is 2. The Morgan fingerprint density at radius 3 is 2.45 bits per heavy atom. The highest BCUT2D eigenvalue weighted by Crippen LogP contribution is 2.26. The number of carbonyl (C=O) groups is 2. The van der Waals surface area contributed by atoms with Crippen molar-refractivity contribution in [1.82, 2.24) is 9.80 Å². The zero-order chi connectivity index (χ0) is 20.8. The fourth-order valence-corrected chi connectivity index (χ4v) is 4.41. The highest BCUT2D eigenvalue weighted by molar-refractivity contribution is 7.99. The molecular weight excluding hydrogens is 406 g/mol. The number of urea groups is 1. The van der Waals surface area contributed by atoms with Gasteiger partial charge < -0.3 is 15.1 Å². The summed E-state index contributed by atoms with van der Waals surface area (Å²) in [5.41, 5.74) is 2.54. The van der Waals surface area contributed by atoms with Gasteiger partial charge in [-0.2, -0.15) is 11.8 Å². The topological polar surface area (TPSA) is 52.7 Å². The molecule has 1 aliphatic rings. The molecule has 7 heteroatoms. The number of thioether (sulfide) groups is 1. The summed E-state index contributed by atoms with van der Waals surface area (Å²) >= 11 is 8.14. The van der Waals surface area contributed by atoms with Crippen LogP contribution in [0.4, 0.5) is 10.5 Å². The van der Waals surface area contributed by atoms with Gasteiger partial charge in [0.2, 0.25) is 5.91 Å². The Hall–Kier alpha value is -2.18. The van der Waals surface area contributed by atoms with Gasteiger partial charge in [-0.05, 0) is 36.2 Å². The van der Waals surface area contributed by atoms with Gasteiger partial charge in [-0.3, -0.25) is 4.79 Å². The minimum absolute atomic E-state index is 0.162. The maximum absolute atomic E-state index is 12.6. The number of halogens is 1. The predicted molar refractivity (Wildman–Crippen MR) is 121 cm³/mol. The highest BCUT2D eigenvalue weighted by Gasteiger charge is 2.20. The number of amides is 3. The van der Waals surface area contributed by atoms with Gasteiger partial charge in [-0.25, -0.2) is 4.79 Å². The molecule has 1 atom stereocenters. The van der Waals surface area contributed by atoms with Crippen LogP contribution >= 0.6 is 23.4 Å². The number of hydrogen-bond acceptors (Lipinski definition) is 3. The fourth-order valence-electron chi connectivity index (χ4n) is 3.22. The highest BCUT2D eigenvalue weighted by atomic mass is 35.5. The van der Waals surface area contributed by atoms with Crippen molar-refractivity contribution >= 4 is 41.0 Å². The molecular formula is C22H26ClN3O2S. The molecule has 3 amide bonds. The molecule has 2 aromatic rings. The number of anilines is 1. The van der Waals surface area contributed by atoms with Crippen LogP contribution in [0.3, 0.4) is 0 Å². The summed E-state index contributed by atoms with van der Waals surface area (Å²) in [6.45, 7) is 3.59. The maximum Gasteiger partial charge on any atom is 0.322 e. The molecule has 1 unspecified atom stereocenters. The van der Waals surface area contributed by atoms with Gasteiger partial charge in [-0.1, -0.05) is 41.9 Å². The van der Waals surface area contributed by atoms with Gasteiger partial charge in [-0.15, -0.1) is 0 Å². The Morgan fingerprint density at radius 1 is 1.14 bits per heavy atom. The number of rotatable bonds is 5. The SMILES string of the molecule is CC(c1ccccc1Cl)N(C)C(=O)Nc1ccc(CC(=O)N2CCSCC2)cc1. The van der Waals surface area contributed by atoms with Gasteiger partial charge in [0.25, 0.3) is 0 Å². The molecule has 2 aromatic carbocycles. The van der Waals surface area contributed by atoms with Crippen LogP contribution < -0.4 is 5.32 Å². The third kappa shape index (κ3) is 5.67. The van der Waals surface area contributed by atoms with E-state index in [4.69, 9.17) is 11.6 Å². The summed E-state index contributed by atoms with van der Waals surface area (Å²) < 4.78 is 0. The first-order chi connectivity index (χ1) is 14.0. The molecule has 29 heavy (non-hydrogen) atoms. The normalized spacial score (nSPS) is 14.9. The summed E-state index contributed by atoms with van der Waals surface area (Å²) in [6.07, 6.45) is 0.391. The van der Waals surface area contributed by atoms with E-state index in [1.165, 1.54) is 0 Å². The lowest BCUT2D eigenvalue weighted by atomic mass is 10.1. The molecule has 1 fully saturated rings. The van der Waals surface area contributed by atoms with Crippen LogP contribution in [0.1, 0.15) is 24.1 Å². The van der Waals surface area contributed by atoms with Crippen LogP contribution in [-0.4, -0.2) is 53.4 Å².